The van der Waals surface area contributed by atoms with Crippen molar-refractivity contribution in [1.29, 1.82) is 5.26 Å². The van der Waals surface area contributed by atoms with Gasteiger partial charge >= 0.3 is 0 Å². The van der Waals surface area contributed by atoms with E-state index >= 15 is 0 Å². The maximum atomic E-state index is 11.9. The van der Waals surface area contributed by atoms with Crippen molar-refractivity contribution < 1.29 is 9.53 Å². The molecule has 1 aromatic rings. The second-order valence-corrected chi connectivity index (χ2v) is 4.68. The van der Waals surface area contributed by atoms with Gasteiger partial charge in [-0.1, -0.05) is 19.1 Å². The molecule has 0 spiro atoms. The van der Waals surface area contributed by atoms with E-state index in [-0.39, 0.29) is 17.5 Å². The molecule has 0 aliphatic carbocycles. The summed E-state index contributed by atoms with van der Waals surface area (Å²) in [5.41, 5.74) is 1.87. The minimum Gasteiger partial charge on any atom is -0.496 e. The third-order valence-corrected chi connectivity index (χ3v) is 3.10. The Kier molecular flexibility index (Phi) is 5.79. The SMILES string of the molecule is CC[C@H](C)NC(=O)/C(C#N)=C/c1ccc(C)c(OC)c1. The second kappa shape index (κ2) is 7.34. The summed E-state index contributed by atoms with van der Waals surface area (Å²) in [6, 6.07) is 7.54. The van der Waals surface area contributed by atoms with E-state index in [2.05, 4.69) is 5.32 Å². The number of nitrogens with one attached hydrogen (secondary N) is 1. The Labute approximate surface area is 120 Å². The van der Waals surface area contributed by atoms with Gasteiger partial charge in [0.2, 0.25) is 0 Å². The third-order valence-electron chi connectivity index (χ3n) is 3.10. The van der Waals surface area contributed by atoms with Crippen LogP contribution in [-0.4, -0.2) is 19.1 Å². The van der Waals surface area contributed by atoms with Gasteiger partial charge in [-0.2, -0.15) is 5.26 Å². The monoisotopic (exact) mass is 272 g/mol. The zero-order valence-electron chi connectivity index (χ0n) is 12.4. The van der Waals surface area contributed by atoms with Crippen LogP contribution in [-0.2, 0) is 4.79 Å². The summed E-state index contributed by atoms with van der Waals surface area (Å²) in [5.74, 6) is 0.389. The molecule has 0 radical (unpaired) electrons. The molecule has 0 bridgehead atoms. The topological polar surface area (TPSA) is 62.1 Å². The highest BCUT2D eigenvalue weighted by Gasteiger charge is 2.11. The molecule has 4 heteroatoms. The van der Waals surface area contributed by atoms with E-state index in [1.807, 2.05) is 45.0 Å². The lowest BCUT2D eigenvalue weighted by atomic mass is 10.1. The van der Waals surface area contributed by atoms with E-state index in [1.54, 1.807) is 13.2 Å². The van der Waals surface area contributed by atoms with Gasteiger partial charge in [0.1, 0.15) is 17.4 Å². The van der Waals surface area contributed by atoms with Gasteiger partial charge < -0.3 is 10.1 Å². The summed E-state index contributed by atoms with van der Waals surface area (Å²) in [7, 11) is 1.59. The lowest BCUT2D eigenvalue weighted by Crippen LogP contribution is -2.32. The number of amides is 1. The summed E-state index contributed by atoms with van der Waals surface area (Å²) < 4.78 is 5.23. The van der Waals surface area contributed by atoms with Crippen molar-refractivity contribution in [3.8, 4) is 11.8 Å². The first-order chi connectivity index (χ1) is 9.51. The number of methoxy groups -OCH3 is 1. The first-order valence-electron chi connectivity index (χ1n) is 6.59. The number of rotatable bonds is 5. The number of hydrogen-bond acceptors (Lipinski definition) is 3. The van der Waals surface area contributed by atoms with E-state index < -0.39 is 0 Å². The molecule has 0 aliphatic rings. The average Bonchev–Trinajstić information content (AvgIpc) is 2.45. The standard InChI is InChI=1S/C16H20N2O2/c1-5-12(3)18-16(19)14(10-17)8-13-7-6-11(2)15(9-13)20-4/h6-9,12H,5H2,1-4H3,(H,18,19)/b14-8+/t12-/m0/s1. The molecule has 1 amide bonds. The zero-order chi connectivity index (χ0) is 15.1. The van der Waals surface area contributed by atoms with Crippen LogP contribution in [0.2, 0.25) is 0 Å². The Morgan fingerprint density at radius 2 is 2.25 bits per heavy atom. The predicted molar refractivity (Wildman–Crippen MR) is 79.2 cm³/mol. The van der Waals surface area contributed by atoms with Gasteiger partial charge in [0.25, 0.3) is 5.91 Å². The van der Waals surface area contributed by atoms with Crippen LogP contribution in [0.3, 0.4) is 0 Å². The van der Waals surface area contributed by atoms with Gasteiger partial charge in [-0.3, -0.25) is 4.79 Å². The molecule has 0 aromatic heterocycles. The van der Waals surface area contributed by atoms with Gasteiger partial charge in [0.05, 0.1) is 7.11 Å². The molecule has 4 nitrogen and oxygen atoms in total. The van der Waals surface area contributed by atoms with Crippen LogP contribution in [0, 0.1) is 18.3 Å². The molecule has 1 N–H and O–H groups in total. The molecular weight excluding hydrogens is 252 g/mol. The van der Waals surface area contributed by atoms with E-state index in [4.69, 9.17) is 10.00 Å². The fourth-order valence-electron chi connectivity index (χ4n) is 1.65. The lowest BCUT2D eigenvalue weighted by Gasteiger charge is -2.10. The van der Waals surface area contributed by atoms with E-state index in [0.29, 0.717) is 0 Å². The number of ether oxygens (including phenoxy) is 1. The van der Waals surface area contributed by atoms with Crippen LogP contribution in [0.25, 0.3) is 6.08 Å². The average molecular weight is 272 g/mol. The highest BCUT2D eigenvalue weighted by atomic mass is 16.5. The van der Waals surface area contributed by atoms with Crippen LogP contribution in [0.5, 0.6) is 5.75 Å². The fourth-order valence-corrected chi connectivity index (χ4v) is 1.65. The van der Waals surface area contributed by atoms with Gasteiger partial charge in [-0.15, -0.1) is 0 Å². The largest absolute Gasteiger partial charge is 0.496 e. The second-order valence-electron chi connectivity index (χ2n) is 4.68. The van der Waals surface area contributed by atoms with E-state index in [0.717, 1.165) is 23.3 Å². The van der Waals surface area contributed by atoms with Gasteiger partial charge in [-0.25, -0.2) is 0 Å². The Hall–Kier alpha value is -2.28. The van der Waals surface area contributed by atoms with Crippen molar-refractivity contribution in [2.75, 3.05) is 7.11 Å². The first-order valence-corrected chi connectivity index (χ1v) is 6.59. The number of benzene rings is 1. The van der Waals surface area contributed by atoms with Crippen molar-refractivity contribution in [2.24, 2.45) is 0 Å². The molecule has 0 fully saturated rings. The quantitative estimate of drug-likeness (QED) is 0.662. The molecule has 1 rings (SSSR count). The Bertz CT molecular complexity index is 556. The molecule has 106 valence electrons. The minimum absolute atomic E-state index is 0.0480. The highest BCUT2D eigenvalue weighted by molar-refractivity contribution is 6.01. The number of carbonyl (C=O) groups is 1. The minimum atomic E-state index is -0.346. The maximum absolute atomic E-state index is 11.9. The van der Waals surface area contributed by atoms with Crippen molar-refractivity contribution in [2.45, 2.75) is 33.2 Å². The normalized spacial score (nSPS) is 12.4. The summed E-state index contributed by atoms with van der Waals surface area (Å²) >= 11 is 0. The van der Waals surface area contributed by atoms with E-state index in [9.17, 15) is 4.79 Å². The molecule has 1 aromatic carbocycles. The van der Waals surface area contributed by atoms with Crippen LogP contribution in [0.15, 0.2) is 23.8 Å². The van der Waals surface area contributed by atoms with Crippen LogP contribution >= 0.6 is 0 Å². The number of nitrogens with zero attached hydrogens (tertiary/aromatic N) is 1. The van der Waals surface area contributed by atoms with Crippen molar-refractivity contribution in [1.82, 2.24) is 5.32 Å². The first kappa shape index (κ1) is 15.8. The van der Waals surface area contributed by atoms with Crippen LogP contribution < -0.4 is 10.1 Å². The molecular formula is C16H20N2O2. The summed E-state index contributed by atoms with van der Waals surface area (Å²) in [6.07, 6.45) is 2.39. The number of nitriles is 1. The van der Waals surface area contributed by atoms with Gasteiger partial charge in [-0.05, 0) is 43.5 Å². The highest BCUT2D eigenvalue weighted by Crippen LogP contribution is 2.20. The van der Waals surface area contributed by atoms with E-state index in [1.165, 1.54) is 0 Å². The van der Waals surface area contributed by atoms with Crippen LogP contribution in [0.4, 0.5) is 0 Å². The predicted octanol–water partition coefficient (Wildman–Crippen LogP) is 2.83. The van der Waals surface area contributed by atoms with Crippen molar-refractivity contribution in [3.05, 3.63) is 34.9 Å². The maximum Gasteiger partial charge on any atom is 0.262 e. The molecule has 1 atom stereocenters. The summed E-state index contributed by atoms with van der Waals surface area (Å²) in [5, 5.41) is 11.9. The summed E-state index contributed by atoms with van der Waals surface area (Å²) in [4.78, 5) is 11.9. The van der Waals surface area contributed by atoms with Crippen LogP contribution in [0.1, 0.15) is 31.4 Å². The molecule has 20 heavy (non-hydrogen) atoms. The Balaban J connectivity index is 3.00. The fraction of sp³-hybridized carbons (Fsp3) is 0.375. The third kappa shape index (κ3) is 4.13. The number of carbonyl (C=O) groups excluding carboxylic acids is 1. The number of hydrogen-bond donors (Lipinski definition) is 1. The molecule has 0 heterocycles. The number of aryl methyl sites for hydroxylation is 1. The molecule has 0 saturated heterocycles. The molecule has 0 unspecified atom stereocenters. The molecule has 0 saturated carbocycles. The summed E-state index contributed by atoms with van der Waals surface area (Å²) in [6.45, 7) is 5.82. The molecule has 0 aliphatic heterocycles. The van der Waals surface area contributed by atoms with Gasteiger partial charge in [0.15, 0.2) is 0 Å². The Morgan fingerprint density at radius 3 is 2.80 bits per heavy atom. The Morgan fingerprint density at radius 1 is 1.55 bits per heavy atom. The van der Waals surface area contributed by atoms with Gasteiger partial charge in [0, 0.05) is 6.04 Å². The van der Waals surface area contributed by atoms with Crippen molar-refractivity contribution in [3.63, 3.8) is 0 Å². The smallest absolute Gasteiger partial charge is 0.262 e. The van der Waals surface area contributed by atoms with Crippen molar-refractivity contribution >= 4 is 12.0 Å². The zero-order valence-corrected chi connectivity index (χ0v) is 12.4. The lowest BCUT2D eigenvalue weighted by molar-refractivity contribution is -0.117.